The topological polar surface area (TPSA) is 21.3 Å². The van der Waals surface area contributed by atoms with Crippen LogP contribution in [0.1, 0.15) is 22.3 Å². The second kappa shape index (κ2) is 8.74. The van der Waals surface area contributed by atoms with Crippen molar-refractivity contribution in [2.24, 2.45) is 0 Å². The summed E-state index contributed by atoms with van der Waals surface area (Å²) in [7, 11) is 0. The van der Waals surface area contributed by atoms with Gasteiger partial charge in [0.25, 0.3) is 0 Å². The first kappa shape index (κ1) is 19.0. The average Bonchev–Trinajstić information content (AvgIpc) is 2.63. The first-order valence-electron chi connectivity index (χ1n) is 8.48. The number of aryl methyl sites for hydroxylation is 2. The number of anilines is 1. The van der Waals surface area contributed by atoms with Crippen LogP contribution in [-0.4, -0.2) is 0 Å². The molecular formula is C22H21Br2NO. The van der Waals surface area contributed by atoms with Gasteiger partial charge in [0.1, 0.15) is 12.4 Å². The molecule has 0 aliphatic rings. The summed E-state index contributed by atoms with van der Waals surface area (Å²) in [5.41, 5.74) is 5.91. The van der Waals surface area contributed by atoms with Gasteiger partial charge in [-0.3, -0.25) is 0 Å². The smallest absolute Gasteiger partial charge is 0.124 e. The molecule has 3 aromatic rings. The van der Waals surface area contributed by atoms with Gasteiger partial charge in [-0.25, -0.2) is 0 Å². The monoisotopic (exact) mass is 473 g/mol. The first-order valence-corrected chi connectivity index (χ1v) is 10.1. The Morgan fingerprint density at radius 3 is 2.35 bits per heavy atom. The molecule has 0 atom stereocenters. The predicted octanol–water partition coefficient (Wildman–Crippen LogP) is 7.02. The van der Waals surface area contributed by atoms with E-state index in [0.29, 0.717) is 13.2 Å². The molecule has 0 saturated carbocycles. The number of hydrogen-bond acceptors (Lipinski definition) is 2. The van der Waals surface area contributed by atoms with Crippen LogP contribution in [0.5, 0.6) is 5.75 Å². The summed E-state index contributed by atoms with van der Waals surface area (Å²) in [4.78, 5) is 0. The van der Waals surface area contributed by atoms with Crippen molar-refractivity contribution < 1.29 is 4.74 Å². The SMILES string of the molecule is Cc1ccc(C)c(NCc2cc(Br)ccc2OCc2ccc(Br)cc2)c1. The molecule has 0 aliphatic carbocycles. The number of nitrogens with one attached hydrogen (secondary N) is 1. The Morgan fingerprint density at radius 1 is 0.846 bits per heavy atom. The minimum absolute atomic E-state index is 0.547. The van der Waals surface area contributed by atoms with Crippen molar-refractivity contribution >= 4 is 37.5 Å². The average molecular weight is 475 g/mol. The Morgan fingerprint density at radius 2 is 1.58 bits per heavy atom. The molecule has 0 heterocycles. The Balaban J connectivity index is 1.73. The van der Waals surface area contributed by atoms with Crippen LogP contribution in [0.4, 0.5) is 5.69 Å². The van der Waals surface area contributed by atoms with Crippen molar-refractivity contribution in [3.05, 3.63) is 91.9 Å². The summed E-state index contributed by atoms with van der Waals surface area (Å²) in [6.07, 6.45) is 0. The molecule has 0 aromatic heterocycles. The van der Waals surface area contributed by atoms with E-state index in [1.165, 1.54) is 11.1 Å². The Labute approximate surface area is 171 Å². The van der Waals surface area contributed by atoms with Crippen LogP contribution in [0.3, 0.4) is 0 Å². The molecule has 26 heavy (non-hydrogen) atoms. The van der Waals surface area contributed by atoms with Crippen molar-refractivity contribution in [3.8, 4) is 5.75 Å². The minimum atomic E-state index is 0.547. The van der Waals surface area contributed by atoms with Crippen molar-refractivity contribution in [2.75, 3.05) is 5.32 Å². The third-order valence-electron chi connectivity index (χ3n) is 4.19. The maximum Gasteiger partial charge on any atom is 0.124 e. The maximum atomic E-state index is 6.08. The van der Waals surface area contributed by atoms with E-state index in [1.807, 2.05) is 24.3 Å². The largest absolute Gasteiger partial charge is 0.489 e. The highest BCUT2D eigenvalue weighted by Crippen LogP contribution is 2.26. The lowest BCUT2D eigenvalue weighted by atomic mass is 10.1. The Bertz CT molecular complexity index is 891. The zero-order valence-corrected chi connectivity index (χ0v) is 18.0. The van der Waals surface area contributed by atoms with Gasteiger partial charge in [-0.1, -0.05) is 56.1 Å². The highest BCUT2D eigenvalue weighted by molar-refractivity contribution is 9.10. The van der Waals surface area contributed by atoms with Gasteiger partial charge in [-0.05, 0) is 66.9 Å². The van der Waals surface area contributed by atoms with E-state index in [4.69, 9.17) is 4.74 Å². The van der Waals surface area contributed by atoms with Crippen molar-refractivity contribution in [1.82, 2.24) is 0 Å². The molecule has 1 N–H and O–H groups in total. The molecule has 0 bridgehead atoms. The highest BCUT2D eigenvalue weighted by atomic mass is 79.9. The fraction of sp³-hybridized carbons (Fsp3) is 0.182. The first-order chi connectivity index (χ1) is 12.5. The third kappa shape index (κ3) is 5.12. The van der Waals surface area contributed by atoms with E-state index in [9.17, 15) is 0 Å². The number of halogens is 2. The van der Waals surface area contributed by atoms with Crippen LogP contribution in [0.25, 0.3) is 0 Å². The molecule has 2 nitrogen and oxygen atoms in total. The predicted molar refractivity (Wildman–Crippen MR) is 116 cm³/mol. The number of hydrogen-bond donors (Lipinski definition) is 1. The Hall–Kier alpha value is -1.78. The number of ether oxygens (including phenoxy) is 1. The van der Waals surface area contributed by atoms with Crippen molar-refractivity contribution in [2.45, 2.75) is 27.0 Å². The van der Waals surface area contributed by atoms with E-state index < -0.39 is 0 Å². The lowest BCUT2D eigenvalue weighted by Crippen LogP contribution is -2.05. The number of rotatable bonds is 6. The summed E-state index contributed by atoms with van der Waals surface area (Å²) in [5.74, 6) is 0.897. The van der Waals surface area contributed by atoms with Gasteiger partial charge in [0.05, 0.1) is 0 Å². The molecule has 0 spiro atoms. The summed E-state index contributed by atoms with van der Waals surface area (Å²) >= 11 is 7.02. The molecule has 0 aliphatic heterocycles. The van der Waals surface area contributed by atoms with Gasteiger partial charge in [0.2, 0.25) is 0 Å². The molecule has 3 rings (SSSR count). The van der Waals surface area contributed by atoms with Crippen molar-refractivity contribution in [1.29, 1.82) is 0 Å². The fourth-order valence-corrected chi connectivity index (χ4v) is 3.36. The fourth-order valence-electron chi connectivity index (χ4n) is 2.69. The molecule has 0 unspecified atom stereocenters. The molecule has 3 aromatic carbocycles. The van der Waals surface area contributed by atoms with Gasteiger partial charge in [-0.2, -0.15) is 0 Å². The van der Waals surface area contributed by atoms with Crippen LogP contribution >= 0.6 is 31.9 Å². The zero-order valence-electron chi connectivity index (χ0n) is 14.9. The molecule has 0 radical (unpaired) electrons. The van der Waals surface area contributed by atoms with Crippen molar-refractivity contribution in [3.63, 3.8) is 0 Å². The molecule has 4 heteroatoms. The lowest BCUT2D eigenvalue weighted by Gasteiger charge is -2.15. The van der Waals surface area contributed by atoms with Crippen LogP contribution in [0.15, 0.2) is 69.6 Å². The van der Waals surface area contributed by atoms with Crippen LogP contribution < -0.4 is 10.1 Å². The van der Waals surface area contributed by atoms with E-state index in [0.717, 1.165) is 31.5 Å². The molecule has 134 valence electrons. The Kier molecular flexibility index (Phi) is 6.38. The van der Waals surface area contributed by atoms with Gasteiger partial charge in [0.15, 0.2) is 0 Å². The third-order valence-corrected chi connectivity index (χ3v) is 5.21. The molecular weight excluding hydrogens is 454 g/mol. The minimum Gasteiger partial charge on any atom is -0.489 e. The summed E-state index contributed by atoms with van der Waals surface area (Å²) in [6.45, 7) is 5.48. The van der Waals surface area contributed by atoms with E-state index in [1.54, 1.807) is 0 Å². The van der Waals surface area contributed by atoms with Crippen LogP contribution in [0.2, 0.25) is 0 Å². The molecule has 0 fully saturated rings. The highest BCUT2D eigenvalue weighted by Gasteiger charge is 2.07. The van der Waals surface area contributed by atoms with E-state index in [-0.39, 0.29) is 0 Å². The van der Waals surface area contributed by atoms with E-state index >= 15 is 0 Å². The molecule has 0 saturated heterocycles. The quantitative estimate of drug-likeness (QED) is 0.414. The zero-order chi connectivity index (χ0) is 18.5. The van der Waals surface area contributed by atoms with Gasteiger partial charge in [-0.15, -0.1) is 0 Å². The van der Waals surface area contributed by atoms with Gasteiger partial charge >= 0.3 is 0 Å². The summed E-state index contributed by atoms with van der Waals surface area (Å²) in [6, 6.07) is 20.8. The molecule has 0 amide bonds. The van der Waals surface area contributed by atoms with E-state index in [2.05, 4.69) is 87.4 Å². The van der Waals surface area contributed by atoms with Crippen LogP contribution in [0, 0.1) is 13.8 Å². The number of benzene rings is 3. The summed E-state index contributed by atoms with van der Waals surface area (Å²) in [5, 5.41) is 3.54. The van der Waals surface area contributed by atoms with Gasteiger partial charge in [0, 0.05) is 26.7 Å². The standard InChI is InChI=1S/C22H21Br2NO/c1-15-3-4-16(2)21(11-15)25-13-18-12-20(24)9-10-22(18)26-14-17-5-7-19(23)8-6-17/h3-12,25H,13-14H2,1-2H3. The van der Waals surface area contributed by atoms with Gasteiger partial charge < -0.3 is 10.1 Å². The van der Waals surface area contributed by atoms with Crippen LogP contribution in [-0.2, 0) is 13.2 Å². The maximum absolute atomic E-state index is 6.08. The second-order valence-electron chi connectivity index (χ2n) is 6.34. The second-order valence-corrected chi connectivity index (χ2v) is 8.17. The summed E-state index contributed by atoms with van der Waals surface area (Å²) < 4.78 is 8.20. The lowest BCUT2D eigenvalue weighted by molar-refractivity contribution is 0.303. The normalized spacial score (nSPS) is 10.6.